The molecule has 5 heteroatoms. The Bertz CT molecular complexity index is 520. The van der Waals surface area contributed by atoms with E-state index in [0.717, 1.165) is 25.2 Å². The summed E-state index contributed by atoms with van der Waals surface area (Å²) in [7, 11) is 0. The second-order valence-electron chi connectivity index (χ2n) is 4.68. The quantitative estimate of drug-likeness (QED) is 0.612. The molecule has 1 aromatic heterocycles. The second kappa shape index (κ2) is 6.45. The summed E-state index contributed by atoms with van der Waals surface area (Å²) in [6.07, 6.45) is 3.39. The molecule has 0 bridgehead atoms. The first-order valence-corrected chi connectivity index (χ1v) is 6.64. The molecule has 0 saturated heterocycles. The summed E-state index contributed by atoms with van der Waals surface area (Å²) in [6, 6.07) is 8.31. The molecule has 1 heterocycles. The molecule has 1 atom stereocenters. The van der Waals surface area contributed by atoms with E-state index < -0.39 is 0 Å². The van der Waals surface area contributed by atoms with Crippen molar-refractivity contribution in [3.8, 4) is 0 Å². The first-order valence-electron chi connectivity index (χ1n) is 6.64. The highest BCUT2D eigenvalue weighted by atomic mass is 15.3. The minimum atomic E-state index is 0.0565. The van der Waals surface area contributed by atoms with Crippen LogP contribution in [0.1, 0.15) is 36.3 Å². The maximum absolute atomic E-state index is 5.71. The number of nitrogens with zero attached hydrogens (tertiary/aromatic N) is 3. The summed E-state index contributed by atoms with van der Waals surface area (Å²) in [5, 5.41) is 4.25. The zero-order valence-electron chi connectivity index (χ0n) is 11.5. The highest BCUT2D eigenvalue weighted by molar-refractivity contribution is 5.29. The van der Waals surface area contributed by atoms with Crippen LogP contribution in [-0.4, -0.2) is 14.8 Å². The maximum Gasteiger partial charge on any atom is 0.138 e. The van der Waals surface area contributed by atoms with Gasteiger partial charge in [0.1, 0.15) is 12.2 Å². The van der Waals surface area contributed by atoms with Gasteiger partial charge in [0.25, 0.3) is 0 Å². The van der Waals surface area contributed by atoms with Crippen molar-refractivity contribution in [2.45, 2.75) is 39.3 Å². The molecule has 0 spiro atoms. The Morgan fingerprint density at radius 1 is 1.37 bits per heavy atom. The average molecular weight is 259 g/mol. The summed E-state index contributed by atoms with van der Waals surface area (Å²) in [4.78, 5) is 4.33. The van der Waals surface area contributed by atoms with Crippen LogP contribution in [0.3, 0.4) is 0 Å². The molecular formula is C14H21N5. The van der Waals surface area contributed by atoms with Crippen molar-refractivity contribution in [2.75, 3.05) is 0 Å². The van der Waals surface area contributed by atoms with Gasteiger partial charge in [-0.2, -0.15) is 5.10 Å². The molecule has 0 fully saturated rings. The smallest absolute Gasteiger partial charge is 0.138 e. The minimum Gasteiger partial charge on any atom is -0.271 e. The van der Waals surface area contributed by atoms with Crippen LogP contribution in [0.5, 0.6) is 0 Å². The van der Waals surface area contributed by atoms with Gasteiger partial charge in [-0.3, -0.25) is 16.0 Å². The van der Waals surface area contributed by atoms with Crippen molar-refractivity contribution >= 4 is 0 Å². The number of aryl methyl sites for hydroxylation is 2. The van der Waals surface area contributed by atoms with Gasteiger partial charge in [0, 0.05) is 13.0 Å². The molecule has 2 aromatic rings. The molecule has 102 valence electrons. The van der Waals surface area contributed by atoms with Gasteiger partial charge in [0.05, 0.1) is 6.04 Å². The van der Waals surface area contributed by atoms with Gasteiger partial charge in [-0.15, -0.1) is 0 Å². The Balaban J connectivity index is 2.19. The number of benzene rings is 1. The monoisotopic (exact) mass is 259 g/mol. The molecule has 1 unspecified atom stereocenters. The van der Waals surface area contributed by atoms with Crippen LogP contribution in [0.2, 0.25) is 0 Å². The van der Waals surface area contributed by atoms with E-state index in [1.165, 1.54) is 11.1 Å². The zero-order chi connectivity index (χ0) is 13.7. The molecule has 0 radical (unpaired) electrons. The van der Waals surface area contributed by atoms with Crippen LogP contribution in [-0.2, 0) is 13.0 Å². The van der Waals surface area contributed by atoms with Gasteiger partial charge in [0.2, 0.25) is 0 Å². The molecular weight excluding hydrogens is 238 g/mol. The van der Waals surface area contributed by atoms with Crippen molar-refractivity contribution in [3.63, 3.8) is 0 Å². The number of rotatable bonds is 6. The molecule has 0 aliphatic carbocycles. The largest absolute Gasteiger partial charge is 0.271 e. The minimum absolute atomic E-state index is 0.0565. The molecule has 0 saturated carbocycles. The third kappa shape index (κ3) is 3.19. The number of hydrogen-bond donors (Lipinski definition) is 2. The van der Waals surface area contributed by atoms with Gasteiger partial charge in [-0.25, -0.2) is 4.98 Å². The standard InChI is InChI=1S/C14H21N5/c1-3-8-19-14(16-10-17-19)9-13(18-15)12-7-5-4-6-11(12)2/h4-7,10,13,18H,3,8-9,15H2,1-2H3. The lowest BCUT2D eigenvalue weighted by Crippen LogP contribution is -2.31. The van der Waals surface area contributed by atoms with E-state index in [-0.39, 0.29) is 6.04 Å². The highest BCUT2D eigenvalue weighted by Crippen LogP contribution is 2.20. The molecule has 1 aromatic carbocycles. The molecule has 0 aliphatic heterocycles. The van der Waals surface area contributed by atoms with E-state index in [0.29, 0.717) is 0 Å². The topological polar surface area (TPSA) is 68.8 Å². The van der Waals surface area contributed by atoms with Crippen LogP contribution in [0.15, 0.2) is 30.6 Å². The van der Waals surface area contributed by atoms with Crippen LogP contribution in [0, 0.1) is 6.92 Å². The Labute approximate surface area is 113 Å². The van der Waals surface area contributed by atoms with Crippen molar-refractivity contribution in [1.29, 1.82) is 0 Å². The fourth-order valence-corrected chi connectivity index (χ4v) is 2.26. The predicted octanol–water partition coefficient (Wildman–Crippen LogP) is 1.74. The molecule has 3 N–H and O–H groups in total. The van der Waals surface area contributed by atoms with E-state index >= 15 is 0 Å². The summed E-state index contributed by atoms with van der Waals surface area (Å²) >= 11 is 0. The zero-order valence-corrected chi connectivity index (χ0v) is 11.5. The second-order valence-corrected chi connectivity index (χ2v) is 4.68. The van der Waals surface area contributed by atoms with Crippen LogP contribution in [0.25, 0.3) is 0 Å². The highest BCUT2D eigenvalue weighted by Gasteiger charge is 2.15. The maximum atomic E-state index is 5.71. The van der Waals surface area contributed by atoms with E-state index in [1.807, 2.05) is 16.8 Å². The van der Waals surface area contributed by atoms with Crippen molar-refractivity contribution < 1.29 is 0 Å². The van der Waals surface area contributed by atoms with Gasteiger partial charge >= 0.3 is 0 Å². The fraction of sp³-hybridized carbons (Fsp3) is 0.429. The van der Waals surface area contributed by atoms with Crippen molar-refractivity contribution in [1.82, 2.24) is 20.2 Å². The number of aromatic nitrogens is 3. The molecule has 0 amide bonds. The molecule has 0 aliphatic rings. The summed E-state index contributed by atoms with van der Waals surface area (Å²) in [5.74, 6) is 6.67. The third-order valence-corrected chi connectivity index (χ3v) is 3.28. The van der Waals surface area contributed by atoms with E-state index in [9.17, 15) is 0 Å². The number of hydrazine groups is 1. The van der Waals surface area contributed by atoms with Crippen molar-refractivity contribution in [3.05, 3.63) is 47.5 Å². The van der Waals surface area contributed by atoms with Crippen molar-refractivity contribution in [2.24, 2.45) is 5.84 Å². The van der Waals surface area contributed by atoms with Crippen LogP contribution in [0.4, 0.5) is 0 Å². The molecule has 19 heavy (non-hydrogen) atoms. The fourth-order valence-electron chi connectivity index (χ4n) is 2.26. The van der Waals surface area contributed by atoms with E-state index in [4.69, 9.17) is 5.84 Å². The number of hydrogen-bond acceptors (Lipinski definition) is 4. The third-order valence-electron chi connectivity index (χ3n) is 3.28. The first kappa shape index (κ1) is 13.7. The van der Waals surface area contributed by atoms with Gasteiger partial charge in [-0.1, -0.05) is 31.2 Å². The van der Waals surface area contributed by atoms with Gasteiger partial charge in [-0.05, 0) is 24.5 Å². The van der Waals surface area contributed by atoms with Gasteiger partial charge < -0.3 is 0 Å². The van der Waals surface area contributed by atoms with E-state index in [1.54, 1.807) is 6.33 Å². The summed E-state index contributed by atoms with van der Waals surface area (Å²) < 4.78 is 1.95. The molecule has 2 rings (SSSR count). The Morgan fingerprint density at radius 2 is 2.16 bits per heavy atom. The summed E-state index contributed by atoms with van der Waals surface area (Å²) in [5.41, 5.74) is 5.32. The number of nitrogens with two attached hydrogens (primary N) is 1. The average Bonchev–Trinajstić information content (AvgIpc) is 2.85. The first-order chi connectivity index (χ1) is 9.26. The Kier molecular flexibility index (Phi) is 4.65. The summed E-state index contributed by atoms with van der Waals surface area (Å²) in [6.45, 7) is 5.11. The normalized spacial score (nSPS) is 12.6. The van der Waals surface area contributed by atoms with Crippen LogP contribution >= 0.6 is 0 Å². The lowest BCUT2D eigenvalue weighted by molar-refractivity contribution is 0.498. The molecule has 5 nitrogen and oxygen atoms in total. The predicted molar refractivity (Wildman–Crippen MR) is 75.3 cm³/mol. The SMILES string of the molecule is CCCn1ncnc1CC(NN)c1ccccc1C. The number of nitrogens with one attached hydrogen (secondary N) is 1. The van der Waals surface area contributed by atoms with Gasteiger partial charge in [0.15, 0.2) is 0 Å². The Hall–Kier alpha value is -1.72. The van der Waals surface area contributed by atoms with E-state index in [2.05, 4.69) is 41.5 Å². The lowest BCUT2D eigenvalue weighted by atomic mass is 9.99. The lowest BCUT2D eigenvalue weighted by Gasteiger charge is -2.18. The van der Waals surface area contributed by atoms with Crippen LogP contribution < -0.4 is 11.3 Å². The Morgan fingerprint density at radius 3 is 2.84 bits per heavy atom.